The number of anilines is 1. The summed E-state index contributed by atoms with van der Waals surface area (Å²) in [4.78, 5) is 6.11. The summed E-state index contributed by atoms with van der Waals surface area (Å²) < 4.78 is 19.5. The standard InChI is InChI=1S/C14H24FN3O/c1-5-16-10-12-6-7-17-14(13(12)15)18(11(2)3)8-9-19-4/h6-7,11,16H,5,8-10H2,1-4H3. The molecule has 0 aromatic carbocycles. The molecule has 0 unspecified atom stereocenters. The molecule has 0 radical (unpaired) electrons. The van der Waals surface area contributed by atoms with Crippen molar-refractivity contribution in [2.45, 2.75) is 33.4 Å². The monoisotopic (exact) mass is 269 g/mol. The first-order chi connectivity index (χ1) is 9.11. The zero-order chi connectivity index (χ0) is 14.3. The van der Waals surface area contributed by atoms with Crippen molar-refractivity contribution in [2.24, 2.45) is 0 Å². The van der Waals surface area contributed by atoms with Crippen molar-refractivity contribution in [3.63, 3.8) is 0 Å². The van der Waals surface area contributed by atoms with Gasteiger partial charge in [0.2, 0.25) is 0 Å². The maximum absolute atomic E-state index is 14.4. The molecule has 108 valence electrons. The minimum absolute atomic E-state index is 0.173. The van der Waals surface area contributed by atoms with Gasteiger partial charge in [-0.1, -0.05) is 6.92 Å². The Kier molecular flexibility index (Phi) is 6.73. The van der Waals surface area contributed by atoms with Crippen molar-refractivity contribution < 1.29 is 9.13 Å². The molecule has 0 aliphatic rings. The third-order valence-corrected chi connectivity index (χ3v) is 2.95. The summed E-state index contributed by atoms with van der Waals surface area (Å²) in [6.07, 6.45) is 1.66. The lowest BCUT2D eigenvalue weighted by Gasteiger charge is -2.28. The fourth-order valence-electron chi connectivity index (χ4n) is 1.87. The Morgan fingerprint density at radius 1 is 1.47 bits per heavy atom. The summed E-state index contributed by atoms with van der Waals surface area (Å²) in [6, 6.07) is 1.89. The second kappa shape index (κ2) is 8.07. The van der Waals surface area contributed by atoms with Crippen LogP contribution in [0.15, 0.2) is 12.3 Å². The van der Waals surface area contributed by atoms with Gasteiger partial charge in [-0.05, 0) is 26.5 Å². The van der Waals surface area contributed by atoms with Gasteiger partial charge < -0.3 is 15.0 Å². The molecule has 0 bridgehead atoms. The maximum Gasteiger partial charge on any atom is 0.170 e. The van der Waals surface area contributed by atoms with Gasteiger partial charge >= 0.3 is 0 Å². The van der Waals surface area contributed by atoms with Crippen molar-refractivity contribution in [1.82, 2.24) is 10.3 Å². The van der Waals surface area contributed by atoms with Crippen LogP contribution >= 0.6 is 0 Å². The van der Waals surface area contributed by atoms with Gasteiger partial charge in [0.1, 0.15) is 0 Å². The summed E-state index contributed by atoms with van der Waals surface area (Å²) in [6.45, 7) is 8.56. The van der Waals surface area contributed by atoms with E-state index in [1.165, 1.54) is 0 Å². The highest BCUT2D eigenvalue weighted by molar-refractivity contribution is 5.44. The predicted octanol–water partition coefficient (Wildman–Crippen LogP) is 2.19. The zero-order valence-electron chi connectivity index (χ0n) is 12.2. The van der Waals surface area contributed by atoms with Gasteiger partial charge in [-0.2, -0.15) is 0 Å². The Balaban J connectivity index is 2.95. The molecule has 0 atom stereocenters. The number of ether oxygens (including phenoxy) is 1. The lowest BCUT2D eigenvalue weighted by atomic mass is 10.2. The van der Waals surface area contributed by atoms with Crippen LogP contribution in [0.3, 0.4) is 0 Å². The van der Waals surface area contributed by atoms with Gasteiger partial charge in [0.15, 0.2) is 11.6 Å². The summed E-state index contributed by atoms with van der Waals surface area (Å²) >= 11 is 0. The number of hydrogen-bond donors (Lipinski definition) is 1. The summed E-state index contributed by atoms with van der Waals surface area (Å²) in [7, 11) is 1.64. The molecule has 0 aliphatic heterocycles. The van der Waals surface area contributed by atoms with E-state index in [1.54, 1.807) is 19.4 Å². The van der Waals surface area contributed by atoms with Crippen LogP contribution in [0, 0.1) is 5.82 Å². The molecular weight excluding hydrogens is 245 g/mol. The topological polar surface area (TPSA) is 37.4 Å². The highest BCUT2D eigenvalue weighted by Gasteiger charge is 2.18. The first kappa shape index (κ1) is 15.9. The molecule has 0 spiro atoms. The normalized spacial score (nSPS) is 11.1. The highest BCUT2D eigenvalue weighted by Crippen LogP contribution is 2.21. The minimum Gasteiger partial charge on any atom is -0.383 e. The van der Waals surface area contributed by atoms with E-state index in [9.17, 15) is 4.39 Å². The number of methoxy groups -OCH3 is 1. The minimum atomic E-state index is -0.242. The molecule has 0 saturated heterocycles. The Bertz CT molecular complexity index is 385. The summed E-state index contributed by atoms with van der Waals surface area (Å²) in [5, 5.41) is 3.13. The van der Waals surface area contributed by atoms with Crippen molar-refractivity contribution in [2.75, 3.05) is 31.7 Å². The molecule has 1 aromatic heterocycles. The second-order valence-electron chi connectivity index (χ2n) is 4.67. The fraction of sp³-hybridized carbons (Fsp3) is 0.643. The number of halogens is 1. The van der Waals surface area contributed by atoms with E-state index in [1.807, 2.05) is 25.7 Å². The molecule has 0 fully saturated rings. The number of nitrogens with zero attached hydrogens (tertiary/aromatic N) is 2. The molecule has 0 aliphatic carbocycles. The van der Waals surface area contributed by atoms with Crippen LogP contribution in [-0.2, 0) is 11.3 Å². The number of nitrogens with one attached hydrogen (secondary N) is 1. The van der Waals surface area contributed by atoms with E-state index >= 15 is 0 Å². The lowest BCUT2D eigenvalue weighted by Crippen LogP contribution is -2.35. The third kappa shape index (κ3) is 4.44. The average molecular weight is 269 g/mol. The molecule has 1 rings (SSSR count). The van der Waals surface area contributed by atoms with E-state index in [0.717, 1.165) is 6.54 Å². The van der Waals surface area contributed by atoms with Gasteiger partial charge in [0, 0.05) is 38.0 Å². The first-order valence-electron chi connectivity index (χ1n) is 6.71. The van der Waals surface area contributed by atoms with E-state index in [4.69, 9.17) is 4.74 Å². The van der Waals surface area contributed by atoms with Crippen molar-refractivity contribution in [3.8, 4) is 0 Å². The highest BCUT2D eigenvalue weighted by atomic mass is 19.1. The second-order valence-corrected chi connectivity index (χ2v) is 4.67. The molecule has 5 heteroatoms. The SMILES string of the molecule is CCNCc1ccnc(N(CCOC)C(C)C)c1F. The first-order valence-corrected chi connectivity index (χ1v) is 6.71. The van der Waals surface area contributed by atoms with Crippen LogP contribution < -0.4 is 10.2 Å². The number of hydrogen-bond acceptors (Lipinski definition) is 4. The molecule has 4 nitrogen and oxygen atoms in total. The fourth-order valence-corrected chi connectivity index (χ4v) is 1.87. The van der Waals surface area contributed by atoms with Gasteiger partial charge in [-0.15, -0.1) is 0 Å². The Morgan fingerprint density at radius 3 is 2.79 bits per heavy atom. The molecule has 1 N–H and O–H groups in total. The van der Waals surface area contributed by atoms with Gasteiger partial charge in [0.25, 0.3) is 0 Å². The van der Waals surface area contributed by atoms with Crippen molar-refractivity contribution >= 4 is 5.82 Å². The van der Waals surface area contributed by atoms with E-state index < -0.39 is 0 Å². The zero-order valence-corrected chi connectivity index (χ0v) is 12.2. The van der Waals surface area contributed by atoms with Crippen LogP contribution in [-0.4, -0.2) is 37.8 Å². The number of pyridine rings is 1. The molecular formula is C14H24FN3O. The molecule has 0 saturated carbocycles. The molecule has 0 amide bonds. The summed E-state index contributed by atoms with van der Waals surface area (Å²) in [5.41, 5.74) is 0.648. The van der Waals surface area contributed by atoms with Crippen LogP contribution in [0.5, 0.6) is 0 Å². The van der Waals surface area contributed by atoms with Crippen LogP contribution in [0.25, 0.3) is 0 Å². The van der Waals surface area contributed by atoms with E-state index in [2.05, 4.69) is 10.3 Å². The van der Waals surface area contributed by atoms with Crippen LogP contribution in [0.2, 0.25) is 0 Å². The van der Waals surface area contributed by atoms with Gasteiger partial charge in [0.05, 0.1) is 6.61 Å². The lowest BCUT2D eigenvalue weighted by molar-refractivity contribution is 0.203. The van der Waals surface area contributed by atoms with Crippen molar-refractivity contribution in [1.29, 1.82) is 0 Å². The Morgan fingerprint density at radius 2 is 2.21 bits per heavy atom. The summed E-state index contributed by atoms with van der Waals surface area (Å²) in [5.74, 6) is 0.163. The Labute approximate surface area is 115 Å². The quantitative estimate of drug-likeness (QED) is 0.785. The smallest absolute Gasteiger partial charge is 0.170 e. The maximum atomic E-state index is 14.4. The van der Waals surface area contributed by atoms with Crippen LogP contribution in [0.4, 0.5) is 10.2 Å². The average Bonchev–Trinajstić information content (AvgIpc) is 2.39. The molecule has 1 aromatic rings. The van der Waals surface area contributed by atoms with E-state index in [-0.39, 0.29) is 11.9 Å². The molecule has 19 heavy (non-hydrogen) atoms. The van der Waals surface area contributed by atoms with Gasteiger partial charge in [-0.25, -0.2) is 9.37 Å². The largest absolute Gasteiger partial charge is 0.383 e. The predicted molar refractivity (Wildman–Crippen MR) is 75.9 cm³/mol. The van der Waals surface area contributed by atoms with Crippen LogP contribution in [0.1, 0.15) is 26.3 Å². The third-order valence-electron chi connectivity index (χ3n) is 2.95. The molecule has 1 heterocycles. The number of aromatic nitrogens is 1. The van der Waals surface area contributed by atoms with Crippen molar-refractivity contribution in [3.05, 3.63) is 23.6 Å². The Hall–Kier alpha value is -1.20. The van der Waals surface area contributed by atoms with E-state index in [0.29, 0.717) is 31.1 Å². The number of rotatable bonds is 8. The van der Waals surface area contributed by atoms with Gasteiger partial charge in [-0.3, -0.25) is 0 Å².